The molecular formula is C11H18N2O4. The third kappa shape index (κ3) is 4.54. The third-order valence-corrected chi connectivity index (χ3v) is 2.36. The van der Waals surface area contributed by atoms with Gasteiger partial charge in [-0.25, -0.2) is 4.79 Å². The first-order chi connectivity index (χ1) is 8.17. The van der Waals surface area contributed by atoms with Crippen molar-refractivity contribution in [3.8, 4) is 0 Å². The molecule has 0 spiro atoms. The molecule has 0 bridgehead atoms. The van der Waals surface area contributed by atoms with Crippen LogP contribution in [0.1, 0.15) is 30.1 Å². The Morgan fingerprint density at radius 1 is 1.59 bits per heavy atom. The Morgan fingerprint density at radius 2 is 2.35 bits per heavy atom. The fraction of sp³-hybridized carbons (Fsp3) is 0.636. The predicted octanol–water partition coefficient (Wildman–Crippen LogP) is 1.23. The van der Waals surface area contributed by atoms with Crippen molar-refractivity contribution in [3.63, 3.8) is 0 Å². The zero-order valence-corrected chi connectivity index (χ0v) is 10.2. The fourth-order valence-electron chi connectivity index (χ4n) is 1.40. The summed E-state index contributed by atoms with van der Waals surface area (Å²) in [6.45, 7) is 7.51. The lowest BCUT2D eigenvalue weighted by atomic mass is 10.3. The Bertz CT molecular complexity index is 351. The van der Waals surface area contributed by atoms with Crippen LogP contribution >= 0.6 is 0 Å². The van der Waals surface area contributed by atoms with Gasteiger partial charge in [0.25, 0.3) is 0 Å². The maximum Gasteiger partial charge on any atom is 0.358 e. The summed E-state index contributed by atoms with van der Waals surface area (Å²) in [4.78, 5) is 12.7. The number of aromatic nitrogens is 1. The van der Waals surface area contributed by atoms with Crippen LogP contribution in [0.25, 0.3) is 0 Å². The Kier molecular flexibility index (Phi) is 5.65. The van der Waals surface area contributed by atoms with E-state index >= 15 is 0 Å². The van der Waals surface area contributed by atoms with Crippen LogP contribution in [0.4, 0.5) is 0 Å². The van der Waals surface area contributed by atoms with Gasteiger partial charge in [0.15, 0.2) is 11.5 Å². The lowest BCUT2D eigenvalue weighted by Crippen LogP contribution is -2.26. The second-order valence-electron chi connectivity index (χ2n) is 3.55. The zero-order chi connectivity index (χ0) is 12.7. The van der Waals surface area contributed by atoms with Gasteiger partial charge in [-0.05, 0) is 13.5 Å². The standard InChI is InChI=1S/C11H18N2O4/c1-3-13(5-6-16-4-2)8-9-7-10(11(14)15)12-17-9/h7H,3-6,8H2,1-2H3,(H,14,15). The smallest absolute Gasteiger partial charge is 0.358 e. The summed E-state index contributed by atoms with van der Waals surface area (Å²) in [5, 5.41) is 12.2. The average molecular weight is 242 g/mol. The zero-order valence-electron chi connectivity index (χ0n) is 10.2. The number of rotatable bonds is 8. The molecule has 96 valence electrons. The minimum Gasteiger partial charge on any atom is -0.476 e. The molecule has 0 fully saturated rings. The van der Waals surface area contributed by atoms with E-state index in [1.807, 2.05) is 13.8 Å². The summed E-state index contributed by atoms with van der Waals surface area (Å²) in [5.74, 6) is -0.516. The van der Waals surface area contributed by atoms with Crippen LogP contribution in [-0.4, -0.2) is 47.4 Å². The summed E-state index contributed by atoms with van der Waals surface area (Å²) in [7, 11) is 0. The molecule has 0 unspecified atom stereocenters. The summed E-state index contributed by atoms with van der Waals surface area (Å²) in [5.41, 5.74) is -0.0548. The van der Waals surface area contributed by atoms with Gasteiger partial charge in [-0.1, -0.05) is 12.1 Å². The fourth-order valence-corrected chi connectivity index (χ4v) is 1.40. The average Bonchev–Trinajstić information content (AvgIpc) is 2.76. The van der Waals surface area contributed by atoms with Crippen molar-refractivity contribution in [1.82, 2.24) is 10.1 Å². The number of carboxylic acid groups (broad SMARTS) is 1. The molecule has 1 aromatic heterocycles. The Hall–Kier alpha value is -1.40. The number of hydrogen-bond acceptors (Lipinski definition) is 5. The lowest BCUT2D eigenvalue weighted by molar-refractivity contribution is 0.0685. The van der Waals surface area contributed by atoms with Gasteiger partial charge < -0.3 is 14.4 Å². The molecular weight excluding hydrogens is 224 g/mol. The third-order valence-electron chi connectivity index (χ3n) is 2.36. The first-order valence-electron chi connectivity index (χ1n) is 5.66. The van der Waals surface area contributed by atoms with Gasteiger partial charge in [-0.2, -0.15) is 0 Å². The van der Waals surface area contributed by atoms with Gasteiger partial charge in [0, 0.05) is 19.2 Å². The molecule has 0 aromatic carbocycles. The molecule has 17 heavy (non-hydrogen) atoms. The van der Waals surface area contributed by atoms with Gasteiger partial charge >= 0.3 is 5.97 Å². The van der Waals surface area contributed by atoms with Crippen LogP contribution in [0.3, 0.4) is 0 Å². The number of carboxylic acids is 1. The number of carbonyl (C=O) groups is 1. The number of aromatic carboxylic acids is 1. The van der Waals surface area contributed by atoms with Crippen molar-refractivity contribution in [3.05, 3.63) is 17.5 Å². The van der Waals surface area contributed by atoms with Crippen molar-refractivity contribution in [1.29, 1.82) is 0 Å². The van der Waals surface area contributed by atoms with E-state index < -0.39 is 5.97 Å². The quantitative estimate of drug-likeness (QED) is 0.691. The highest BCUT2D eigenvalue weighted by Crippen LogP contribution is 2.07. The normalized spacial score (nSPS) is 11.0. The van der Waals surface area contributed by atoms with E-state index in [2.05, 4.69) is 10.1 Å². The largest absolute Gasteiger partial charge is 0.476 e. The van der Waals surface area contributed by atoms with Crippen LogP contribution < -0.4 is 0 Å². The van der Waals surface area contributed by atoms with Crippen molar-refractivity contribution < 1.29 is 19.2 Å². The van der Waals surface area contributed by atoms with Crippen LogP contribution in [0.2, 0.25) is 0 Å². The first-order valence-corrected chi connectivity index (χ1v) is 5.66. The Morgan fingerprint density at radius 3 is 2.88 bits per heavy atom. The SMILES string of the molecule is CCOCCN(CC)Cc1cc(C(=O)O)no1. The predicted molar refractivity (Wildman–Crippen MR) is 60.9 cm³/mol. The van der Waals surface area contributed by atoms with Crippen molar-refractivity contribution >= 4 is 5.97 Å². The van der Waals surface area contributed by atoms with Gasteiger partial charge in [0.05, 0.1) is 13.2 Å². The lowest BCUT2D eigenvalue weighted by Gasteiger charge is -2.18. The molecule has 0 radical (unpaired) electrons. The van der Waals surface area contributed by atoms with Gasteiger partial charge in [0.1, 0.15) is 0 Å². The summed E-state index contributed by atoms with van der Waals surface area (Å²) < 4.78 is 10.2. The highest BCUT2D eigenvalue weighted by molar-refractivity contribution is 5.85. The minimum atomic E-state index is -1.07. The molecule has 0 aliphatic rings. The second-order valence-corrected chi connectivity index (χ2v) is 3.55. The highest BCUT2D eigenvalue weighted by Gasteiger charge is 2.12. The first kappa shape index (κ1) is 13.7. The Balaban J connectivity index is 2.46. The van der Waals surface area contributed by atoms with Crippen LogP contribution in [0, 0.1) is 0 Å². The van der Waals surface area contributed by atoms with Crippen molar-refractivity contribution in [2.75, 3.05) is 26.3 Å². The molecule has 6 nitrogen and oxygen atoms in total. The molecule has 1 heterocycles. The van der Waals surface area contributed by atoms with E-state index in [1.165, 1.54) is 6.07 Å². The van der Waals surface area contributed by atoms with E-state index in [0.29, 0.717) is 25.5 Å². The molecule has 0 atom stereocenters. The summed E-state index contributed by atoms with van der Waals surface area (Å²) in [6.07, 6.45) is 0. The van der Waals surface area contributed by atoms with Gasteiger partial charge in [-0.3, -0.25) is 4.90 Å². The molecule has 0 saturated carbocycles. The molecule has 0 aliphatic heterocycles. The van der Waals surface area contributed by atoms with Crippen LogP contribution in [0.5, 0.6) is 0 Å². The monoisotopic (exact) mass is 242 g/mol. The van der Waals surface area contributed by atoms with Gasteiger partial charge in [0.2, 0.25) is 0 Å². The molecule has 6 heteroatoms. The van der Waals surface area contributed by atoms with Crippen LogP contribution in [-0.2, 0) is 11.3 Å². The number of ether oxygens (including phenoxy) is 1. The second kappa shape index (κ2) is 7.03. The minimum absolute atomic E-state index is 0.0548. The maximum atomic E-state index is 10.6. The maximum absolute atomic E-state index is 10.6. The molecule has 1 N–H and O–H groups in total. The van der Waals surface area contributed by atoms with Crippen molar-refractivity contribution in [2.45, 2.75) is 20.4 Å². The van der Waals surface area contributed by atoms with E-state index in [9.17, 15) is 4.79 Å². The number of hydrogen-bond donors (Lipinski definition) is 1. The molecule has 1 rings (SSSR count). The summed E-state index contributed by atoms with van der Waals surface area (Å²) >= 11 is 0. The van der Waals surface area contributed by atoms with Crippen LogP contribution in [0.15, 0.2) is 10.6 Å². The van der Waals surface area contributed by atoms with Crippen molar-refractivity contribution in [2.24, 2.45) is 0 Å². The number of likely N-dealkylation sites (N-methyl/N-ethyl adjacent to an activating group) is 1. The topological polar surface area (TPSA) is 75.8 Å². The number of nitrogens with zero attached hydrogens (tertiary/aromatic N) is 2. The highest BCUT2D eigenvalue weighted by atomic mass is 16.5. The molecule has 0 amide bonds. The molecule has 1 aromatic rings. The van der Waals surface area contributed by atoms with E-state index in [-0.39, 0.29) is 5.69 Å². The Labute approximate surface area is 100 Å². The van der Waals surface area contributed by atoms with E-state index in [0.717, 1.165) is 13.1 Å². The molecule has 0 aliphatic carbocycles. The molecule has 0 saturated heterocycles. The van der Waals surface area contributed by atoms with Gasteiger partial charge in [-0.15, -0.1) is 0 Å². The van der Waals surface area contributed by atoms with E-state index in [1.54, 1.807) is 0 Å². The summed E-state index contributed by atoms with van der Waals surface area (Å²) in [6, 6.07) is 1.45. The van der Waals surface area contributed by atoms with E-state index in [4.69, 9.17) is 14.4 Å².